The summed E-state index contributed by atoms with van der Waals surface area (Å²) >= 11 is 0. The van der Waals surface area contributed by atoms with Crippen molar-refractivity contribution < 1.29 is 0 Å². The van der Waals surface area contributed by atoms with Gasteiger partial charge in [-0.3, -0.25) is 4.57 Å². The lowest BCUT2D eigenvalue weighted by atomic mass is 9.82. The first-order chi connectivity index (χ1) is 28.5. The lowest BCUT2D eigenvalue weighted by Crippen LogP contribution is -2.15. The van der Waals surface area contributed by atoms with Gasteiger partial charge in [-0.2, -0.15) is 0 Å². The van der Waals surface area contributed by atoms with Crippen LogP contribution in [0.15, 0.2) is 200 Å². The Morgan fingerprint density at radius 1 is 0.397 bits per heavy atom. The van der Waals surface area contributed by atoms with Crippen molar-refractivity contribution in [3.8, 4) is 45.3 Å². The first kappa shape index (κ1) is 33.8. The number of para-hydroxylation sites is 3. The first-order valence-electron chi connectivity index (χ1n) is 19.8. The van der Waals surface area contributed by atoms with Gasteiger partial charge in [0.05, 0.1) is 11.0 Å². The molecule has 0 N–H and O–H groups in total. The minimum absolute atomic E-state index is 0.126. The van der Waals surface area contributed by atoms with Crippen molar-refractivity contribution in [1.29, 1.82) is 0 Å². The fourth-order valence-electron chi connectivity index (χ4n) is 9.06. The highest BCUT2D eigenvalue weighted by molar-refractivity contribution is 6.09. The van der Waals surface area contributed by atoms with Gasteiger partial charge in [0.1, 0.15) is 0 Å². The molecule has 0 bridgehead atoms. The topological polar surface area (TPSA) is 38.9 Å². The van der Waals surface area contributed by atoms with Crippen LogP contribution in [-0.4, -0.2) is 19.3 Å². The molecule has 5 heteroatoms. The van der Waals surface area contributed by atoms with Crippen LogP contribution in [0.25, 0.3) is 67.1 Å². The van der Waals surface area contributed by atoms with E-state index in [2.05, 4.69) is 222 Å². The van der Waals surface area contributed by atoms with E-state index >= 15 is 0 Å². The molecule has 8 aromatic carbocycles. The molecule has 5 nitrogen and oxygen atoms in total. The highest BCUT2D eigenvalue weighted by Gasteiger charge is 2.35. The van der Waals surface area contributed by atoms with Gasteiger partial charge >= 0.3 is 0 Å². The number of aromatic nitrogens is 4. The molecule has 0 spiro atoms. The van der Waals surface area contributed by atoms with E-state index in [-0.39, 0.29) is 5.41 Å². The Morgan fingerprint density at radius 3 is 1.52 bits per heavy atom. The van der Waals surface area contributed by atoms with E-state index in [1.807, 2.05) is 6.07 Å². The van der Waals surface area contributed by atoms with Crippen molar-refractivity contribution in [2.75, 3.05) is 4.90 Å². The van der Waals surface area contributed by atoms with Crippen molar-refractivity contribution in [2.45, 2.75) is 19.3 Å². The first-order valence-corrected chi connectivity index (χ1v) is 19.8. The molecule has 0 saturated heterocycles. The van der Waals surface area contributed by atoms with Crippen molar-refractivity contribution in [2.24, 2.45) is 0 Å². The Balaban J connectivity index is 1.01. The van der Waals surface area contributed by atoms with Crippen LogP contribution >= 0.6 is 0 Å². The van der Waals surface area contributed by atoms with E-state index in [1.54, 1.807) is 0 Å². The van der Waals surface area contributed by atoms with Crippen molar-refractivity contribution in [3.63, 3.8) is 0 Å². The van der Waals surface area contributed by atoms with E-state index in [1.165, 1.54) is 44.1 Å². The molecule has 1 aliphatic rings. The Kier molecular flexibility index (Phi) is 7.76. The SMILES string of the molecule is CC1(C)c2ccccc2-c2ccc(-c3nnc(-c4ccccc4)n3-c3ccc(N(c4ccccc4)c4ccc(-n5c6ccccc6c6ccccc65)cc4)cc3)cc21. The predicted octanol–water partition coefficient (Wildman–Crippen LogP) is 13.5. The summed E-state index contributed by atoms with van der Waals surface area (Å²) in [4.78, 5) is 2.31. The Labute approximate surface area is 337 Å². The summed E-state index contributed by atoms with van der Waals surface area (Å²) in [7, 11) is 0. The molecule has 0 unspecified atom stereocenters. The molecule has 276 valence electrons. The van der Waals surface area contributed by atoms with Crippen LogP contribution in [0.5, 0.6) is 0 Å². The Hall–Kier alpha value is -7.50. The van der Waals surface area contributed by atoms with Gasteiger partial charge in [0, 0.05) is 55.8 Å². The smallest absolute Gasteiger partial charge is 0.168 e. The second-order valence-corrected chi connectivity index (χ2v) is 15.6. The molecule has 58 heavy (non-hydrogen) atoms. The Morgan fingerprint density at radius 2 is 0.879 bits per heavy atom. The average Bonchev–Trinajstić information content (AvgIpc) is 3.94. The summed E-state index contributed by atoms with van der Waals surface area (Å²) in [5, 5.41) is 12.2. The highest BCUT2D eigenvalue weighted by Crippen LogP contribution is 2.49. The molecule has 0 saturated carbocycles. The number of hydrogen-bond acceptors (Lipinski definition) is 3. The second-order valence-electron chi connectivity index (χ2n) is 15.6. The molecule has 0 aliphatic heterocycles. The zero-order valence-electron chi connectivity index (χ0n) is 32.3. The fourth-order valence-corrected chi connectivity index (χ4v) is 9.06. The van der Waals surface area contributed by atoms with E-state index in [0.29, 0.717) is 0 Å². The molecular formula is C53H39N5. The van der Waals surface area contributed by atoms with E-state index in [0.717, 1.165) is 51.2 Å². The largest absolute Gasteiger partial charge is 0.311 e. The lowest BCUT2D eigenvalue weighted by molar-refractivity contribution is 0.660. The third-order valence-corrected chi connectivity index (χ3v) is 11.9. The van der Waals surface area contributed by atoms with Crippen LogP contribution < -0.4 is 4.90 Å². The number of nitrogens with zero attached hydrogens (tertiary/aromatic N) is 5. The van der Waals surface area contributed by atoms with Gasteiger partial charge in [-0.15, -0.1) is 10.2 Å². The van der Waals surface area contributed by atoms with Gasteiger partial charge in [0.25, 0.3) is 0 Å². The summed E-state index contributed by atoms with van der Waals surface area (Å²) in [6.45, 7) is 4.63. The number of benzene rings is 8. The average molecular weight is 746 g/mol. The predicted molar refractivity (Wildman–Crippen MR) is 239 cm³/mol. The number of hydrogen-bond donors (Lipinski definition) is 0. The van der Waals surface area contributed by atoms with Crippen LogP contribution in [-0.2, 0) is 5.41 Å². The molecule has 0 amide bonds. The van der Waals surface area contributed by atoms with Crippen molar-refractivity contribution in [3.05, 3.63) is 211 Å². The summed E-state index contributed by atoms with van der Waals surface area (Å²) < 4.78 is 4.56. The van der Waals surface area contributed by atoms with Gasteiger partial charge in [0.15, 0.2) is 11.6 Å². The molecule has 2 heterocycles. The van der Waals surface area contributed by atoms with Gasteiger partial charge < -0.3 is 9.47 Å². The van der Waals surface area contributed by atoms with E-state index < -0.39 is 0 Å². The molecule has 10 aromatic rings. The molecular weight excluding hydrogens is 707 g/mol. The maximum atomic E-state index is 4.88. The van der Waals surface area contributed by atoms with E-state index in [9.17, 15) is 0 Å². The van der Waals surface area contributed by atoms with Gasteiger partial charge in [-0.25, -0.2) is 0 Å². The molecule has 1 aliphatic carbocycles. The summed E-state index contributed by atoms with van der Waals surface area (Å²) in [6, 6.07) is 71.4. The molecule has 0 radical (unpaired) electrons. The highest BCUT2D eigenvalue weighted by atomic mass is 15.3. The number of fused-ring (bicyclic) bond motifs is 6. The van der Waals surface area contributed by atoms with Crippen LogP contribution in [0, 0.1) is 0 Å². The minimum atomic E-state index is -0.126. The zero-order valence-corrected chi connectivity index (χ0v) is 32.3. The zero-order chi connectivity index (χ0) is 38.8. The quantitative estimate of drug-likeness (QED) is 0.163. The van der Waals surface area contributed by atoms with Gasteiger partial charge in [-0.1, -0.05) is 135 Å². The van der Waals surface area contributed by atoms with Crippen LogP contribution in [0.3, 0.4) is 0 Å². The maximum absolute atomic E-state index is 4.88. The third-order valence-electron chi connectivity index (χ3n) is 11.9. The van der Waals surface area contributed by atoms with E-state index in [4.69, 9.17) is 10.2 Å². The summed E-state index contributed by atoms with van der Waals surface area (Å²) in [5.41, 5.74) is 14.9. The number of anilines is 3. The Bertz CT molecular complexity index is 3070. The number of rotatable bonds is 7. The summed E-state index contributed by atoms with van der Waals surface area (Å²) in [5.74, 6) is 1.61. The van der Waals surface area contributed by atoms with Crippen LogP contribution in [0.1, 0.15) is 25.0 Å². The lowest BCUT2D eigenvalue weighted by Gasteiger charge is -2.26. The normalized spacial score (nSPS) is 12.8. The minimum Gasteiger partial charge on any atom is -0.311 e. The second kappa shape index (κ2) is 13.3. The molecule has 0 atom stereocenters. The standard InChI is InChI=1S/C53H39N5/c1-53(2)47-22-12-9-19-43(47)44-34-25-37(35-48(44)53)52-55-54-51(36-15-5-3-6-16-36)58(52)42-32-28-40(29-33-42)56(38-17-7-4-8-18-38)39-26-30-41(31-27-39)57-49-23-13-10-20-45(49)46-21-11-14-24-50(46)57/h3-35H,1-2H3. The summed E-state index contributed by atoms with van der Waals surface area (Å²) in [6.07, 6.45) is 0. The van der Waals surface area contributed by atoms with Crippen LogP contribution in [0.4, 0.5) is 17.1 Å². The third kappa shape index (κ3) is 5.31. The molecule has 2 aromatic heterocycles. The van der Waals surface area contributed by atoms with Crippen molar-refractivity contribution >= 4 is 38.9 Å². The maximum Gasteiger partial charge on any atom is 0.168 e. The molecule has 11 rings (SSSR count). The van der Waals surface area contributed by atoms with Gasteiger partial charge in [-0.05, 0) is 101 Å². The van der Waals surface area contributed by atoms with Crippen molar-refractivity contribution in [1.82, 2.24) is 19.3 Å². The van der Waals surface area contributed by atoms with Crippen LogP contribution in [0.2, 0.25) is 0 Å². The molecule has 0 fully saturated rings. The monoisotopic (exact) mass is 745 g/mol. The fraction of sp³-hybridized carbons (Fsp3) is 0.0566. The van der Waals surface area contributed by atoms with Gasteiger partial charge in [0.2, 0.25) is 0 Å².